The monoisotopic (exact) mass is 267 g/mol. The Morgan fingerprint density at radius 2 is 2.00 bits per heavy atom. The number of likely N-dealkylation sites (tertiary alicyclic amines) is 1. The van der Waals surface area contributed by atoms with Crippen molar-refractivity contribution in [2.45, 2.75) is 44.6 Å². The van der Waals surface area contributed by atoms with Crippen LogP contribution in [0.25, 0.3) is 0 Å². The zero-order valence-electron chi connectivity index (χ0n) is 11.2. The van der Waals surface area contributed by atoms with E-state index in [0.717, 1.165) is 30.0 Å². The first-order chi connectivity index (χ1) is 8.81. The predicted octanol–water partition coefficient (Wildman–Crippen LogP) is 1.73. The summed E-state index contributed by atoms with van der Waals surface area (Å²) in [5, 5.41) is 7.79. The molecular weight excluding hydrogens is 242 g/mol. The molecule has 0 amide bonds. The molecule has 3 rings (SSSR count). The van der Waals surface area contributed by atoms with Gasteiger partial charge >= 0.3 is 0 Å². The summed E-state index contributed by atoms with van der Waals surface area (Å²) in [5.74, 6) is 1.88. The number of rotatable bonds is 4. The van der Waals surface area contributed by atoms with Crippen LogP contribution in [-0.2, 0) is 0 Å². The standard InChI is InChI=1S/C14H25N3S/c18-14(15-5-8-17-6-1-2-7-17)16-13-10-11-3-4-12(13)9-11/h11-13H,1-10H2,(H2,15,16,18)/t11-,12-,13-/m0/s1. The number of thiocarbonyl (C=S) groups is 1. The highest BCUT2D eigenvalue weighted by Crippen LogP contribution is 2.44. The SMILES string of the molecule is S=C(NCCN1CCCC1)N[C@H]1C[C@H]2CC[C@H]1C2. The van der Waals surface area contributed by atoms with Gasteiger partial charge in [0.1, 0.15) is 0 Å². The van der Waals surface area contributed by atoms with E-state index in [4.69, 9.17) is 12.2 Å². The van der Waals surface area contributed by atoms with Crippen LogP contribution in [0.5, 0.6) is 0 Å². The molecule has 2 bridgehead atoms. The molecule has 3 nitrogen and oxygen atoms in total. The molecule has 2 N–H and O–H groups in total. The van der Waals surface area contributed by atoms with E-state index in [0.29, 0.717) is 6.04 Å². The van der Waals surface area contributed by atoms with Crippen LogP contribution in [0.2, 0.25) is 0 Å². The van der Waals surface area contributed by atoms with E-state index in [2.05, 4.69) is 15.5 Å². The largest absolute Gasteiger partial charge is 0.361 e. The fraction of sp³-hybridized carbons (Fsp3) is 0.929. The van der Waals surface area contributed by atoms with Crippen LogP contribution < -0.4 is 10.6 Å². The van der Waals surface area contributed by atoms with Crippen molar-refractivity contribution >= 4 is 17.3 Å². The lowest BCUT2D eigenvalue weighted by Crippen LogP contribution is -2.46. The van der Waals surface area contributed by atoms with Crippen LogP contribution in [-0.4, -0.2) is 42.2 Å². The minimum atomic E-state index is 0.663. The molecule has 0 aromatic rings. The molecule has 0 spiro atoms. The summed E-state index contributed by atoms with van der Waals surface area (Å²) in [4.78, 5) is 2.52. The fourth-order valence-electron chi connectivity index (χ4n) is 3.97. The molecule has 4 heteroatoms. The number of nitrogens with one attached hydrogen (secondary N) is 2. The van der Waals surface area contributed by atoms with Gasteiger partial charge in [-0.1, -0.05) is 6.42 Å². The zero-order chi connectivity index (χ0) is 12.4. The van der Waals surface area contributed by atoms with Gasteiger partial charge < -0.3 is 15.5 Å². The summed E-state index contributed by atoms with van der Waals surface area (Å²) in [6.45, 7) is 4.67. The molecule has 1 heterocycles. The Morgan fingerprint density at radius 1 is 1.17 bits per heavy atom. The lowest BCUT2D eigenvalue weighted by molar-refractivity contribution is 0.342. The minimum Gasteiger partial charge on any atom is -0.361 e. The molecule has 2 saturated carbocycles. The summed E-state index contributed by atoms with van der Waals surface area (Å²) in [5.41, 5.74) is 0. The summed E-state index contributed by atoms with van der Waals surface area (Å²) >= 11 is 5.41. The van der Waals surface area contributed by atoms with Crippen LogP contribution in [0.4, 0.5) is 0 Å². The van der Waals surface area contributed by atoms with Gasteiger partial charge in [0.15, 0.2) is 5.11 Å². The fourth-order valence-corrected chi connectivity index (χ4v) is 4.23. The molecule has 3 atom stereocenters. The maximum atomic E-state index is 5.41. The van der Waals surface area contributed by atoms with E-state index >= 15 is 0 Å². The topological polar surface area (TPSA) is 27.3 Å². The van der Waals surface area contributed by atoms with E-state index in [-0.39, 0.29) is 0 Å². The maximum Gasteiger partial charge on any atom is 0.166 e. The Hall–Kier alpha value is -0.350. The second-order valence-corrected chi connectivity index (χ2v) is 6.64. The van der Waals surface area contributed by atoms with Crippen molar-refractivity contribution in [3.8, 4) is 0 Å². The van der Waals surface area contributed by atoms with Crippen LogP contribution in [0.15, 0.2) is 0 Å². The lowest BCUT2D eigenvalue weighted by atomic mass is 9.96. The molecule has 0 aromatic carbocycles. The number of hydrogen-bond donors (Lipinski definition) is 2. The van der Waals surface area contributed by atoms with Gasteiger partial charge in [0.2, 0.25) is 0 Å². The molecule has 3 aliphatic rings. The highest BCUT2D eigenvalue weighted by atomic mass is 32.1. The molecule has 0 radical (unpaired) electrons. The Morgan fingerprint density at radius 3 is 2.67 bits per heavy atom. The number of nitrogens with zero attached hydrogens (tertiary/aromatic N) is 1. The first kappa shape index (κ1) is 12.7. The molecule has 1 aliphatic heterocycles. The summed E-state index contributed by atoms with van der Waals surface area (Å²) < 4.78 is 0. The van der Waals surface area contributed by atoms with Crippen molar-refractivity contribution in [1.29, 1.82) is 0 Å². The van der Waals surface area contributed by atoms with Gasteiger partial charge in [0.05, 0.1) is 0 Å². The molecule has 3 fully saturated rings. The smallest absolute Gasteiger partial charge is 0.166 e. The molecule has 0 unspecified atom stereocenters. The summed E-state index contributed by atoms with van der Waals surface area (Å²) in [7, 11) is 0. The first-order valence-electron chi connectivity index (χ1n) is 7.58. The second kappa shape index (κ2) is 5.74. The van der Waals surface area contributed by atoms with Gasteiger partial charge in [0.25, 0.3) is 0 Å². The summed E-state index contributed by atoms with van der Waals surface area (Å²) in [6, 6.07) is 0.663. The Balaban J connectivity index is 1.32. The van der Waals surface area contributed by atoms with Gasteiger partial charge in [-0.15, -0.1) is 0 Å². The van der Waals surface area contributed by atoms with E-state index in [9.17, 15) is 0 Å². The predicted molar refractivity (Wildman–Crippen MR) is 78.6 cm³/mol. The van der Waals surface area contributed by atoms with Crippen LogP contribution in [0.1, 0.15) is 38.5 Å². The molecule has 1 saturated heterocycles. The normalized spacial score (nSPS) is 35.0. The maximum absolute atomic E-state index is 5.41. The lowest BCUT2D eigenvalue weighted by Gasteiger charge is -2.25. The third-order valence-electron chi connectivity index (χ3n) is 4.97. The van der Waals surface area contributed by atoms with Gasteiger partial charge in [-0.3, -0.25) is 0 Å². The van der Waals surface area contributed by atoms with Crippen molar-refractivity contribution in [2.75, 3.05) is 26.2 Å². The van der Waals surface area contributed by atoms with E-state index in [1.165, 1.54) is 51.6 Å². The molecular formula is C14H25N3S. The Kier molecular flexibility index (Phi) is 4.04. The highest BCUT2D eigenvalue weighted by Gasteiger charge is 2.39. The van der Waals surface area contributed by atoms with Crippen LogP contribution in [0, 0.1) is 11.8 Å². The van der Waals surface area contributed by atoms with Crippen LogP contribution >= 0.6 is 12.2 Å². The van der Waals surface area contributed by atoms with Crippen molar-refractivity contribution in [3.63, 3.8) is 0 Å². The third kappa shape index (κ3) is 2.97. The Bertz CT molecular complexity index is 301. The third-order valence-corrected chi connectivity index (χ3v) is 5.23. The van der Waals surface area contributed by atoms with Crippen molar-refractivity contribution in [1.82, 2.24) is 15.5 Å². The quantitative estimate of drug-likeness (QED) is 0.759. The van der Waals surface area contributed by atoms with Gasteiger partial charge in [-0.05, 0) is 69.2 Å². The average Bonchev–Trinajstić information content (AvgIpc) is 3.04. The molecule has 18 heavy (non-hydrogen) atoms. The zero-order valence-corrected chi connectivity index (χ0v) is 12.0. The van der Waals surface area contributed by atoms with Crippen molar-refractivity contribution < 1.29 is 0 Å². The van der Waals surface area contributed by atoms with Gasteiger partial charge in [0, 0.05) is 19.1 Å². The number of fused-ring (bicyclic) bond motifs is 2. The van der Waals surface area contributed by atoms with E-state index in [1.54, 1.807) is 0 Å². The number of hydrogen-bond acceptors (Lipinski definition) is 2. The minimum absolute atomic E-state index is 0.663. The Labute approximate surface area is 116 Å². The van der Waals surface area contributed by atoms with E-state index in [1.807, 2.05) is 0 Å². The average molecular weight is 267 g/mol. The first-order valence-corrected chi connectivity index (χ1v) is 7.99. The summed E-state index contributed by atoms with van der Waals surface area (Å²) in [6.07, 6.45) is 8.39. The van der Waals surface area contributed by atoms with Crippen molar-refractivity contribution in [3.05, 3.63) is 0 Å². The van der Waals surface area contributed by atoms with Crippen molar-refractivity contribution in [2.24, 2.45) is 11.8 Å². The van der Waals surface area contributed by atoms with Crippen LogP contribution in [0.3, 0.4) is 0 Å². The highest BCUT2D eigenvalue weighted by molar-refractivity contribution is 7.80. The second-order valence-electron chi connectivity index (χ2n) is 6.23. The van der Waals surface area contributed by atoms with Gasteiger partial charge in [-0.25, -0.2) is 0 Å². The molecule has 102 valence electrons. The van der Waals surface area contributed by atoms with E-state index < -0.39 is 0 Å². The molecule has 2 aliphatic carbocycles. The van der Waals surface area contributed by atoms with Gasteiger partial charge in [-0.2, -0.15) is 0 Å². The molecule has 0 aromatic heterocycles.